The fourth-order valence-corrected chi connectivity index (χ4v) is 10.3. The lowest BCUT2D eigenvalue weighted by Crippen LogP contribution is -2.20. The van der Waals surface area contributed by atoms with Crippen molar-refractivity contribution < 1.29 is 0 Å². The fraction of sp³-hybridized carbons (Fsp3) is 1.00. The molecule has 6 heterocycles. The lowest BCUT2D eigenvalue weighted by Gasteiger charge is -2.30. The molecule has 9 fully saturated rings. The molecule has 6 aliphatic heterocycles. The third-order valence-corrected chi connectivity index (χ3v) is 12.3. The lowest BCUT2D eigenvalue weighted by atomic mass is 9.84. The number of hydrogen-bond donors (Lipinski definition) is 0. The highest BCUT2D eigenvalue weighted by molar-refractivity contribution is 7.99. The molecule has 0 nitrogen and oxygen atoms in total. The van der Waals surface area contributed by atoms with Gasteiger partial charge in [-0.2, -0.15) is 35.3 Å². The largest absolute Gasteiger partial charge is 0.161 e. The molecule has 0 aromatic heterocycles. The van der Waals surface area contributed by atoms with Gasteiger partial charge in [0, 0.05) is 0 Å². The van der Waals surface area contributed by atoms with Gasteiger partial charge in [0.1, 0.15) is 0 Å². The minimum absolute atomic E-state index is 1.05. The molecule has 6 saturated heterocycles. The lowest BCUT2D eigenvalue weighted by molar-refractivity contribution is 0.310. The fourth-order valence-electron chi connectivity index (χ4n) is 5.90. The van der Waals surface area contributed by atoms with Crippen LogP contribution in [0.15, 0.2) is 0 Å². The summed E-state index contributed by atoms with van der Waals surface area (Å²) >= 11 is 6.96. The molecule has 0 aromatic rings. The van der Waals surface area contributed by atoms with E-state index in [0.717, 1.165) is 35.5 Å². The van der Waals surface area contributed by atoms with Crippen LogP contribution in [0.5, 0.6) is 0 Å². The SMILES string of the molecule is C1CC2CCC1CSCC1CCC(CC1)CSCC1CCC(CC1)CSC2. The standard InChI is InChI=1S/C24H42S3/c1-2-20-4-3-19(1)13-25-15-21-5-7-23(8-6-21)17-27-18-24-11-9-22(10-12-24)16-26-14-20/h19-24H,1-18H2. The van der Waals surface area contributed by atoms with Crippen molar-refractivity contribution in [3.8, 4) is 0 Å². The van der Waals surface area contributed by atoms with Gasteiger partial charge in [-0.3, -0.25) is 0 Å². The molecule has 9 rings (SSSR count). The van der Waals surface area contributed by atoms with Gasteiger partial charge in [-0.15, -0.1) is 0 Å². The van der Waals surface area contributed by atoms with Crippen molar-refractivity contribution in [2.45, 2.75) is 77.0 Å². The van der Waals surface area contributed by atoms with Crippen molar-refractivity contribution in [1.82, 2.24) is 0 Å². The molecule has 0 radical (unpaired) electrons. The summed E-state index contributed by atoms with van der Waals surface area (Å²) in [5, 5.41) is 0. The second kappa shape index (κ2) is 11.4. The van der Waals surface area contributed by atoms with E-state index in [1.807, 2.05) is 0 Å². The third-order valence-electron chi connectivity index (χ3n) is 8.02. The van der Waals surface area contributed by atoms with Crippen LogP contribution < -0.4 is 0 Å². The van der Waals surface area contributed by atoms with Gasteiger partial charge in [0.2, 0.25) is 0 Å². The zero-order valence-electron chi connectivity index (χ0n) is 17.4. The average molecular weight is 427 g/mol. The average Bonchev–Trinajstić information content (AvgIpc) is 2.71. The Labute approximate surface area is 181 Å². The van der Waals surface area contributed by atoms with Crippen LogP contribution in [0.4, 0.5) is 0 Å². The Morgan fingerprint density at radius 2 is 0.407 bits per heavy atom. The topological polar surface area (TPSA) is 0 Å². The van der Waals surface area contributed by atoms with Crippen LogP contribution in [-0.2, 0) is 0 Å². The molecule has 0 amide bonds. The van der Waals surface area contributed by atoms with E-state index in [1.165, 1.54) is 112 Å². The Kier molecular flexibility index (Phi) is 9.02. The van der Waals surface area contributed by atoms with Gasteiger partial charge in [-0.1, -0.05) is 0 Å². The van der Waals surface area contributed by atoms with Gasteiger partial charge in [-0.05, 0) is 147 Å². The third kappa shape index (κ3) is 7.06. The van der Waals surface area contributed by atoms with Gasteiger partial charge >= 0.3 is 0 Å². The quantitative estimate of drug-likeness (QED) is 0.391. The second-order valence-electron chi connectivity index (χ2n) is 10.3. The minimum atomic E-state index is 1.05. The summed E-state index contributed by atoms with van der Waals surface area (Å²) in [5.41, 5.74) is 0. The summed E-state index contributed by atoms with van der Waals surface area (Å²) in [6.45, 7) is 0. The predicted octanol–water partition coefficient (Wildman–Crippen LogP) is 7.62. The van der Waals surface area contributed by atoms with Crippen LogP contribution >= 0.6 is 35.3 Å². The van der Waals surface area contributed by atoms with Gasteiger partial charge in [0.05, 0.1) is 0 Å². The molecule has 156 valence electrons. The number of rotatable bonds is 0. The summed E-state index contributed by atoms with van der Waals surface area (Å²) in [6.07, 6.45) is 18.4. The van der Waals surface area contributed by atoms with E-state index in [0.29, 0.717) is 0 Å². The Morgan fingerprint density at radius 1 is 0.259 bits per heavy atom. The first kappa shape index (κ1) is 21.3. The molecule has 3 heteroatoms. The molecule has 3 aliphatic carbocycles. The van der Waals surface area contributed by atoms with Crippen molar-refractivity contribution in [1.29, 1.82) is 0 Å². The van der Waals surface area contributed by atoms with E-state index in [1.54, 1.807) is 0 Å². The van der Waals surface area contributed by atoms with Crippen molar-refractivity contribution >= 4 is 35.3 Å². The van der Waals surface area contributed by atoms with Crippen LogP contribution in [0, 0.1) is 35.5 Å². The van der Waals surface area contributed by atoms with Gasteiger partial charge in [-0.25, -0.2) is 0 Å². The van der Waals surface area contributed by atoms with Gasteiger partial charge in [0.15, 0.2) is 0 Å². The maximum Gasteiger partial charge on any atom is -0.00390 e. The zero-order chi connectivity index (χ0) is 18.3. The normalized spacial score (nSPS) is 42.7. The molecule has 0 N–H and O–H groups in total. The first-order valence-electron chi connectivity index (χ1n) is 12.1. The van der Waals surface area contributed by atoms with E-state index in [-0.39, 0.29) is 0 Å². The Balaban J connectivity index is 1.26. The highest BCUT2D eigenvalue weighted by atomic mass is 32.2. The van der Waals surface area contributed by atoms with Crippen molar-refractivity contribution in [2.24, 2.45) is 35.5 Å². The van der Waals surface area contributed by atoms with Crippen LogP contribution in [0.3, 0.4) is 0 Å². The Bertz CT molecular complexity index is 304. The summed E-state index contributed by atoms with van der Waals surface area (Å²) < 4.78 is 0. The van der Waals surface area contributed by atoms with E-state index in [4.69, 9.17) is 0 Å². The predicted molar refractivity (Wildman–Crippen MR) is 128 cm³/mol. The summed E-state index contributed by atoms with van der Waals surface area (Å²) in [5.74, 6) is 15.1. The van der Waals surface area contributed by atoms with Crippen molar-refractivity contribution in [3.63, 3.8) is 0 Å². The second-order valence-corrected chi connectivity index (χ2v) is 13.5. The Morgan fingerprint density at radius 3 is 0.556 bits per heavy atom. The summed E-state index contributed by atoms with van der Waals surface area (Å²) in [4.78, 5) is 0. The highest BCUT2D eigenvalue weighted by Crippen LogP contribution is 2.38. The van der Waals surface area contributed by atoms with Gasteiger partial charge in [0.25, 0.3) is 0 Å². The van der Waals surface area contributed by atoms with E-state index >= 15 is 0 Å². The molecular formula is C24H42S3. The van der Waals surface area contributed by atoms with Gasteiger partial charge < -0.3 is 0 Å². The first-order valence-corrected chi connectivity index (χ1v) is 15.5. The molecule has 0 aromatic carbocycles. The molecule has 6 bridgehead atoms. The maximum absolute atomic E-state index is 2.32. The molecule has 0 spiro atoms. The zero-order valence-corrected chi connectivity index (χ0v) is 19.9. The molecule has 0 unspecified atom stereocenters. The van der Waals surface area contributed by atoms with Crippen LogP contribution in [0.25, 0.3) is 0 Å². The molecule has 27 heavy (non-hydrogen) atoms. The van der Waals surface area contributed by atoms with E-state index < -0.39 is 0 Å². The first-order chi connectivity index (χ1) is 13.3. The summed E-state index contributed by atoms with van der Waals surface area (Å²) in [7, 11) is 0. The maximum atomic E-state index is 2.32. The van der Waals surface area contributed by atoms with Crippen LogP contribution in [0.1, 0.15) is 77.0 Å². The molecule has 0 atom stereocenters. The minimum Gasteiger partial charge on any atom is -0.161 e. The summed E-state index contributed by atoms with van der Waals surface area (Å²) in [6, 6.07) is 0. The molecule has 3 saturated carbocycles. The van der Waals surface area contributed by atoms with Crippen LogP contribution in [0.2, 0.25) is 0 Å². The Hall–Kier alpha value is 1.05. The smallest absolute Gasteiger partial charge is 0.00390 e. The van der Waals surface area contributed by atoms with Crippen molar-refractivity contribution in [2.75, 3.05) is 34.5 Å². The molecular weight excluding hydrogens is 384 g/mol. The van der Waals surface area contributed by atoms with Crippen LogP contribution in [-0.4, -0.2) is 34.5 Å². The van der Waals surface area contributed by atoms with E-state index in [2.05, 4.69) is 35.3 Å². The molecule has 9 aliphatic rings. The van der Waals surface area contributed by atoms with Crippen molar-refractivity contribution in [3.05, 3.63) is 0 Å². The highest BCUT2D eigenvalue weighted by Gasteiger charge is 2.26. The monoisotopic (exact) mass is 426 g/mol. The number of thioether (sulfide) groups is 3. The number of hydrogen-bond acceptors (Lipinski definition) is 3. The van der Waals surface area contributed by atoms with E-state index in [9.17, 15) is 0 Å².